The zero-order chi connectivity index (χ0) is 20.6. The van der Waals surface area contributed by atoms with Gasteiger partial charge in [-0.1, -0.05) is 35.9 Å². The molecule has 2 N–H and O–H groups in total. The van der Waals surface area contributed by atoms with E-state index in [2.05, 4.69) is 21.8 Å². The molecule has 0 saturated heterocycles. The summed E-state index contributed by atoms with van der Waals surface area (Å²) in [6.07, 6.45) is 3.27. The van der Waals surface area contributed by atoms with Gasteiger partial charge in [0.2, 0.25) is 0 Å². The molecule has 3 aromatic rings. The number of amides is 2. The number of aryl methyl sites for hydroxylation is 2. The van der Waals surface area contributed by atoms with E-state index >= 15 is 0 Å². The standard InChI is InChI=1S/C22H22N4O3/c1-14-5-4-6-16(9-14)12-26-13-17(11-23-26)24-20(27)22(3)21(28)25-18-10-15(2)7-8-19(18)29-22/h4-11,13H,12H2,1-3H3,(H,24,27)(H,25,28). The number of carbonyl (C=O) groups is 2. The number of nitrogens with zero attached hydrogens (tertiary/aromatic N) is 2. The van der Waals surface area contributed by atoms with Gasteiger partial charge in [0, 0.05) is 6.20 Å². The number of aromatic nitrogens is 2. The molecule has 2 aromatic carbocycles. The van der Waals surface area contributed by atoms with Crippen LogP contribution in [0.25, 0.3) is 0 Å². The normalized spacial score (nSPS) is 17.8. The summed E-state index contributed by atoms with van der Waals surface area (Å²) in [5, 5.41) is 9.78. The van der Waals surface area contributed by atoms with E-state index in [1.54, 1.807) is 29.2 Å². The molecular weight excluding hydrogens is 368 g/mol. The highest BCUT2D eigenvalue weighted by molar-refractivity contribution is 6.18. The largest absolute Gasteiger partial charge is 0.466 e. The van der Waals surface area contributed by atoms with Crippen molar-refractivity contribution in [2.75, 3.05) is 10.6 Å². The fourth-order valence-corrected chi connectivity index (χ4v) is 3.25. The average Bonchev–Trinajstić information content (AvgIpc) is 3.10. The monoisotopic (exact) mass is 390 g/mol. The third-order valence-corrected chi connectivity index (χ3v) is 4.88. The zero-order valence-electron chi connectivity index (χ0n) is 16.5. The van der Waals surface area contributed by atoms with Gasteiger partial charge in [-0.3, -0.25) is 14.3 Å². The predicted octanol–water partition coefficient (Wildman–Crippen LogP) is 3.28. The third kappa shape index (κ3) is 3.71. The van der Waals surface area contributed by atoms with Gasteiger partial charge in [0.05, 0.1) is 24.1 Å². The highest BCUT2D eigenvalue weighted by Gasteiger charge is 2.47. The maximum absolute atomic E-state index is 12.9. The summed E-state index contributed by atoms with van der Waals surface area (Å²) in [5.41, 5.74) is 2.65. The SMILES string of the molecule is Cc1cccc(Cn2cc(NC(=O)C3(C)Oc4ccc(C)cc4NC3=O)cn2)c1. The summed E-state index contributed by atoms with van der Waals surface area (Å²) in [6.45, 7) is 5.99. The molecule has 2 amide bonds. The van der Waals surface area contributed by atoms with Crippen molar-refractivity contribution in [1.29, 1.82) is 0 Å². The number of anilines is 2. The first kappa shape index (κ1) is 18.7. The smallest absolute Gasteiger partial charge is 0.278 e. The second kappa shape index (κ2) is 7.09. The molecule has 29 heavy (non-hydrogen) atoms. The fraction of sp³-hybridized carbons (Fsp3) is 0.227. The van der Waals surface area contributed by atoms with Crippen molar-refractivity contribution in [2.24, 2.45) is 0 Å². The number of rotatable bonds is 4. The number of benzene rings is 2. The van der Waals surface area contributed by atoms with Crippen molar-refractivity contribution < 1.29 is 14.3 Å². The lowest BCUT2D eigenvalue weighted by atomic mass is 10.0. The molecule has 0 saturated carbocycles. The molecule has 0 radical (unpaired) electrons. The van der Waals surface area contributed by atoms with Gasteiger partial charge in [-0.05, 0) is 44.0 Å². The van der Waals surface area contributed by atoms with E-state index in [-0.39, 0.29) is 0 Å². The molecular formula is C22H22N4O3. The lowest BCUT2D eigenvalue weighted by molar-refractivity contribution is -0.143. The molecule has 7 nitrogen and oxygen atoms in total. The summed E-state index contributed by atoms with van der Waals surface area (Å²) in [4.78, 5) is 25.4. The Morgan fingerprint density at radius 2 is 2.00 bits per heavy atom. The van der Waals surface area contributed by atoms with Crippen molar-refractivity contribution >= 4 is 23.2 Å². The van der Waals surface area contributed by atoms with Gasteiger partial charge in [0.1, 0.15) is 5.75 Å². The molecule has 1 aliphatic rings. The Labute approximate surface area is 168 Å². The summed E-state index contributed by atoms with van der Waals surface area (Å²) < 4.78 is 7.51. The Kier molecular flexibility index (Phi) is 4.58. The number of hydrogen-bond donors (Lipinski definition) is 2. The first-order chi connectivity index (χ1) is 13.8. The molecule has 148 valence electrons. The second-order valence-electron chi connectivity index (χ2n) is 7.46. The molecule has 1 unspecified atom stereocenters. The molecule has 0 aliphatic carbocycles. The van der Waals surface area contributed by atoms with E-state index in [4.69, 9.17) is 4.74 Å². The van der Waals surface area contributed by atoms with E-state index in [0.29, 0.717) is 23.7 Å². The van der Waals surface area contributed by atoms with Gasteiger partial charge in [0.15, 0.2) is 0 Å². The van der Waals surface area contributed by atoms with Gasteiger partial charge in [-0.25, -0.2) is 0 Å². The highest BCUT2D eigenvalue weighted by Crippen LogP contribution is 2.34. The lowest BCUT2D eigenvalue weighted by Gasteiger charge is -2.33. The maximum Gasteiger partial charge on any atom is 0.278 e. The van der Waals surface area contributed by atoms with Crippen LogP contribution in [0.4, 0.5) is 11.4 Å². The Bertz CT molecular complexity index is 1100. The molecule has 2 heterocycles. The first-order valence-electron chi connectivity index (χ1n) is 9.34. The number of carbonyl (C=O) groups excluding carboxylic acids is 2. The van der Waals surface area contributed by atoms with E-state index in [0.717, 1.165) is 11.1 Å². The van der Waals surface area contributed by atoms with E-state index in [1.807, 2.05) is 38.1 Å². The van der Waals surface area contributed by atoms with Gasteiger partial charge < -0.3 is 15.4 Å². The Morgan fingerprint density at radius 1 is 1.21 bits per heavy atom. The van der Waals surface area contributed by atoms with Crippen LogP contribution in [0.5, 0.6) is 5.75 Å². The topological polar surface area (TPSA) is 85.3 Å². The summed E-state index contributed by atoms with van der Waals surface area (Å²) in [7, 11) is 0. The Hall–Kier alpha value is -3.61. The van der Waals surface area contributed by atoms with Gasteiger partial charge >= 0.3 is 0 Å². The van der Waals surface area contributed by atoms with Crippen LogP contribution in [0.3, 0.4) is 0 Å². The molecule has 1 aromatic heterocycles. The third-order valence-electron chi connectivity index (χ3n) is 4.88. The van der Waals surface area contributed by atoms with Crippen LogP contribution >= 0.6 is 0 Å². The molecule has 0 spiro atoms. The lowest BCUT2D eigenvalue weighted by Crippen LogP contribution is -2.56. The van der Waals surface area contributed by atoms with Crippen LogP contribution in [-0.4, -0.2) is 27.2 Å². The maximum atomic E-state index is 12.9. The van der Waals surface area contributed by atoms with Crippen molar-refractivity contribution in [2.45, 2.75) is 32.9 Å². The van der Waals surface area contributed by atoms with Crippen molar-refractivity contribution in [1.82, 2.24) is 9.78 Å². The first-order valence-corrected chi connectivity index (χ1v) is 9.34. The molecule has 4 rings (SSSR count). The van der Waals surface area contributed by atoms with Gasteiger partial charge in [-0.2, -0.15) is 5.10 Å². The van der Waals surface area contributed by atoms with Crippen LogP contribution in [0.2, 0.25) is 0 Å². The van der Waals surface area contributed by atoms with Crippen molar-refractivity contribution in [3.63, 3.8) is 0 Å². The van der Waals surface area contributed by atoms with Crippen LogP contribution < -0.4 is 15.4 Å². The van der Waals surface area contributed by atoms with E-state index in [1.165, 1.54) is 12.5 Å². The molecule has 0 bridgehead atoms. The molecule has 7 heteroatoms. The van der Waals surface area contributed by atoms with Gasteiger partial charge in [-0.15, -0.1) is 0 Å². The molecule has 1 atom stereocenters. The van der Waals surface area contributed by atoms with E-state index < -0.39 is 17.4 Å². The highest BCUT2D eigenvalue weighted by atomic mass is 16.5. The van der Waals surface area contributed by atoms with Crippen molar-refractivity contribution in [3.05, 3.63) is 71.5 Å². The van der Waals surface area contributed by atoms with Crippen LogP contribution in [-0.2, 0) is 16.1 Å². The average molecular weight is 390 g/mol. The number of fused-ring (bicyclic) bond motifs is 1. The minimum absolute atomic E-state index is 0.461. The molecule has 1 aliphatic heterocycles. The number of hydrogen-bond acceptors (Lipinski definition) is 4. The Balaban J connectivity index is 1.48. The van der Waals surface area contributed by atoms with Crippen LogP contribution in [0.1, 0.15) is 23.6 Å². The number of ether oxygens (including phenoxy) is 1. The summed E-state index contributed by atoms with van der Waals surface area (Å²) >= 11 is 0. The van der Waals surface area contributed by atoms with E-state index in [9.17, 15) is 9.59 Å². The minimum atomic E-state index is -1.68. The molecule has 0 fully saturated rings. The van der Waals surface area contributed by atoms with Crippen molar-refractivity contribution in [3.8, 4) is 5.75 Å². The predicted molar refractivity (Wildman–Crippen MR) is 110 cm³/mol. The fourth-order valence-electron chi connectivity index (χ4n) is 3.25. The quantitative estimate of drug-likeness (QED) is 0.670. The zero-order valence-corrected chi connectivity index (χ0v) is 16.5. The second-order valence-corrected chi connectivity index (χ2v) is 7.46. The van der Waals surface area contributed by atoms with Gasteiger partial charge in [0.25, 0.3) is 17.4 Å². The minimum Gasteiger partial charge on any atom is -0.466 e. The Morgan fingerprint density at radius 3 is 2.79 bits per heavy atom. The number of nitrogens with one attached hydrogen (secondary N) is 2. The summed E-state index contributed by atoms with van der Waals surface area (Å²) in [5.74, 6) is -0.612. The summed E-state index contributed by atoms with van der Waals surface area (Å²) in [6, 6.07) is 13.6. The van der Waals surface area contributed by atoms with Crippen LogP contribution in [0.15, 0.2) is 54.9 Å². The van der Waals surface area contributed by atoms with Crippen LogP contribution in [0, 0.1) is 13.8 Å².